The average Bonchev–Trinajstić information content (AvgIpc) is 2.63. The van der Waals surface area contributed by atoms with E-state index in [2.05, 4.69) is 5.32 Å². The molecule has 1 aromatic rings. The van der Waals surface area contributed by atoms with Crippen molar-refractivity contribution in [1.29, 1.82) is 0 Å². The number of carbonyl (C=O) groups excluding carboxylic acids is 1. The molecule has 1 aromatic carbocycles. The van der Waals surface area contributed by atoms with Crippen LogP contribution in [-0.4, -0.2) is 51.0 Å². The molecular formula is C19H28N2O4S. The minimum Gasteiger partial charge on any atom is -0.385 e. The molecule has 0 aromatic heterocycles. The van der Waals surface area contributed by atoms with Crippen LogP contribution in [0.25, 0.3) is 0 Å². The van der Waals surface area contributed by atoms with Crippen LogP contribution >= 0.6 is 0 Å². The van der Waals surface area contributed by atoms with Crippen molar-refractivity contribution >= 4 is 15.9 Å². The van der Waals surface area contributed by atoms with Gasteiger partial charge in [0, 0.05) is 37.9 Å². The number of rotatable bonds is 7. The Morgan fingerprint density at radius 1 is 1.23 bits per heavy atom. The highest BCUT2D eigenvalue weighted by molar-refractivity contribution is 7.89. The van der Waals surface area contributed by atoms with E-state index in [1.807, 2.05) is 0 Å². The molecule has 1 heterocycles. The summed E-state index contributed by atoms with van der Waals surface area (Å²) in [4.78, 5) is 12.6. The van der Waals surface area contributed by atoms with E-state index in [1.54, 1.807) is 29.6 Å². The normalized spacial score (nSPS) is 22.0. The van der Waals surface area contributed by atoms with Gasteiger partial charge in [0.05, 0.1) is 4.90 Å². The minimum atomic E-state index is -3.62. The Morgan fingerprint density at radius 3 is 2.73 bits per heavy atom. The highest BCUT2D eigenvalue weighted by Crippen LogP contribution is 2.27. The van der Waals surface area contributed by atoms with Gasteiger partial charge in [-0.1, -0.05) is 12.5 Å². The number of amides is 1. The number of ether oxygens (including phenoxy) is 1. The number of nitrogens with one attached hydrogen (secondary N) is 1. The largest absolute Gasteiger partial charge is 0.385 e. The van der Waals surface area contributed by atoms with Gasteiger partial charge in [-0.15, -0.1) is 0 Å². The van der Waals surface area contributed by atoms with E-state index in [-0.39, 0.29) is 22.9 Å². The lowest BCUT2D eigenvalue weighted by atomic mass is 9.93. The monoisotopic (exact) mass is 380 g/mol. The van der Waals surface area contributed by atoms with Gasteiger partial charge in [-0.3, -0.25) is 4.79 Å². The number of hydrogen-bond donors (Lipinski definition) is 1. The maximum absolute atomic E-state index is 13.2. The zero-order chi connectivity index (χ0) is 18.6. The second-order valence-electron chi connectivity index (χ2n) is 7.18. The van der Waals surface area contributed by atoms with E-state index in [0.717, 1.165) is 38.5 Å². The summed E-state index contributed by atoms with van der Waals surface area (Å²) in [5.74, 6) is -0.193. The number of sulfonamides is 1. The third kappa shape index (κ3) is 4.27. The van der Waals surface area contributed by atoms with Crippen LogP contribution in [0.15, 0.2) is 29.2 Å². The van der Waals surface area contributed by atoms with Crippen LogP contribution in [0.1, 0.15) is 55.3 Å². The fourth-order valence-corrected chi connectivity index (χ4v) is 5.36. The van der Waals surface area contributed by atoms with E-state index >= 15 is 0 Å². The number of nitrogens with zero attached hydrogens (tertiary/aromatic N) is 1. The van der Waals surface area contributed by atoms with Crippen molar-refractivity contribution in [2.24, 2.45) is 0 Å². The summed E-state index contributed by atoms with van der Waals surface area (Å²) >= 11 is 0. The van der Waals surface area contributed by atoms with Crippen LogP contribution in [0.2, 0.25) is 0 Å². The lowest BCUT2D eigenvalue weighted by Crippen LogP contribution is -2.44. The molecule has 1 saturated heterocycles. The molecule has 1 atom stereocenters. The van der Waals surface area contributed by atoms with Crippen LogP contribution in [-0.2, 0) is 14.8 Å². The fraction of sp³-hybridized carbons (Fsp3) is 0.632. The number of carbonyl (C=O) groups is 1. The molecule has 0 spiro atoms. The SMILES string of the molecule is COCC[C@@H]1CCCCN1S(=O)(=O)c1cccc(C(=O)NC2CCC2)c1. The van der Waals surface area contributed by atoms with Crippen molar-refractivity contribution in [2.45, 2.75) is 61.9 Å². The first-order chi connectivity index (χ1) is 12.5. The molecule has 0 unspecified atom stereocenters. The Morgan fingerprint density at radius 2 is 2.04 bits per heavy atom. The topological polar surface area (TPSA) is 75.7 Å². The predicted octanol–water partition coefficient (Wildman–Crippen LogP) is 2.55. The van der Waals surface area contributed by atoms with Gasteiger partial charge < -0.3 is 10.1 Å². The van der Waals surface area contributed by atoms with Gasteiger partial charge in [-0.05, 0) is 56.7 Å². The first kappa shape index (κ1) is 19.3. The van der Waals surface area contributed by atoms with Crippen molar-refractivity contribution in [2.75, 3.05) is 20.3 Å². The Bertz CT molecular complexity index is 731. The first-order valence-corrected chi connectivity index (χ1v) is 10.9. The van der Waals surface area contributed by atoms with Crippen molar-refractivity contribution in [3.05, 3.63) is 29.8 Å². The molecular weight excluding hydrogens is 352 g/mol. The summed E-state index contributed by atoms with van der Waals surface area (Å²) < 4.78 is 33.1. The minimum absolute atomic E-state index is 0.0406. The van der Waals surface area contributed by atoms with Gasteiger partial charge in [0.1, 0.15) is 0 Å². The number of methoxy groups -OCH3 is 1. The Balaban J connectivity index is 1.79. The maximum Gasteiger partial charge on any atom is 0.251 e. The number of benzene rings is 1. The second kappa shape index (κ2) is 8.50. The maximum atomic E-state index is 13.2. The molecule has 0 bridgehead atoms. The van der Waals surface area contributed by atoms with E-state index in [1.165, 1.54) is 6.07 Å². The van der Waals surface area contributed by atoms with Crippen molar-refractivity contribution < 1.29 is 17.9 Å². The molecule has 2 aliphatic rings. The molecule has 26 heavy (non-hydrogen) atoms. The highest BCUT2D eigenvalue weighted by Gasteiger charge is 2.33. The van der Waals surface area contributed by atoms with Gasteiger partial charge in [0.25, 0.3) is 5.91 Å². The summed E-state index contributed by atoms with van der Waals surface area (Å²) in [6.45, 7) is 1.07. The molecule has 144 valence electrons. The van der Waals surface area contributed by atoms with E-state index < -0.39 is 10.0 Å². The zero-order valence-electron chi connectivity index (χ0n) is 15.3. The van der Waals surface area contributed by atoms with Crippen molar-refractivity contribution in [1.82, 2.24) is 9.62 Å². The van der Waals surface area contributed by atoms with Gasteiger partial charge in [0.15, 0.2) is 0 Å². The van der Waals surface area contributed by atoms with E-state index in [4.69, 9.17) is 4.74 Å². The summed E-state index contributed by atoms with van der Waals surface area (Å²) in [6, 6.07) is 6.59. The summed E-state index contributed by atoms with van der Waals surface area (Å²) in [7, 11) is -1.99. The molecule has 1 aliphatic heterocycles. The number of piperidine rings is 1. The van der Waals surface area contributed by atoms with Crippen LogP contribution < -0.4 is 5.32 Å². The van der Waals surface area contributed by atoms with Gasteiger partial charge in [-0.25, -0.2) is 8.42 Å². The van der Waals surface area contributed by atoms with Crippen molar-refractivity contribution in [3.8, 4) is 0 Å². The zero-order valence-corrected chi connectivity index (χ0v) is 16.1. The Kier molecular flexibility index (Phi) is 6.32. The van der Waals surface area contributed by atoms with Gasteiger partial charge >= 0.3 is 0 Å². The number of hydrogen-bond acceptors (Lipinski definition) is 4. The fourth-order valence-electron chi connectivity index (χ4n) is 3.59. The summed E-state index contributed by atoms with van der Waals surface area (Å²) in [6.07, 6.45) is 6.57. The average molecular weight is 381 g/mol. The molecule has 3 rings (SSSR count). The molecule has 1 saturated carbocycles. The van der Waals surface area contributed by atoms with Gasteiger partial charge in [0.2, 0.25) is 10.0 Å². The summed E-state index contributed by atoms with van der Waals surface area (Å²) in [5, 5.41) is 2.96. The molecule has 0 radical (unpaired) electrons. The Hall–Kier alpha value is -1.44. The van der Waals surface area contributed by atoms with Crippen LogP contribution in [0.5, 0.6) is 0 Å². The van der Waals surface area contributed by atoms with Crippen LogP contribution in [0, 0.1) is 0 Å². The lowest BCUT2D eigenvalue weighted by Gasteiger charge is -2.34. The second-order valence-corrected chi connectivity index (χ2v) is 9.07. The smallest absolute Gasteiger partial charge is 0.251 e. The van der Waals surface area contributed by atoms with Crippen molar-refractivity contribution in [3.63, 3.8) is 0 Å². The van der Waals surface area contributed by atoms with E-state index in [0.29, 0.717) is 25.1 Å². The lowest BCUT2D eigenvalue weighted by molar-refractivity contribution is 0.0916. The van der Waals surface area contributed by atoms with Gasteiger partial charge in [-0.2, -0.15) is 4.31 Å². The third-order valence-corrected chi connectivity index (χ3v) is 7.32. The highest BCUT2D eigenvalue weighted by atomic mass is 32.2. The molecule has 1 N–H and O–H groups in total. The third-order valence-electron chi connectivity index (χ3n) is 5.37. The molecule has 2 fully saturated rings. The first-order valence-electron chi connectivity index (χ1n) is 9.44. The summed E-state index contributed by atoms with van der Waals surface area (Å²) in [5.41, 5.74) is 0.406. The van der Waals surface area contributed by atoms with Crippen LogP contribution in [0.4, 0.5) is 0 Å². The van der Waals surface area contributed by atoms with E-state index in [9.17, 15) is 13.2 Å². The molecule has 1 aliphatic carbocycles. The predicted molar refractivity (Wildman–Crippen MR) is 99.6 cm³/mol. The molecule has 1 amide bonds. The van der Waals surface area contributed by atoms with Crippen LogP contribution in [0.3, 0.4) is 0 Å². The standard InChI is InChI=1S/C19H28N2O4S/c1-25-13-11-17-9-2-3-12-21(17)26(23,24)18-10-4-6-15(14-18)19(22)20-16-7-5-8-16/h4,6,10,14,16-17H,2-3,5,7-9,11-13H2,1H3,(H,20,22)/t17-/m0/s1. The quantitative estimate of drug-likeness (QED) is 0.789. The molecule has 6 nitrogen and oxygen atoms in total. The Labute approximate surface area is 156 Å². The molecule has 7 heteroatoms.